The summed E-state index contributed by atoms with van der Waals surface area (Å²) in [5.74, 6) is -0.960. The number of piperidine rings is 1. The first-order valence-corrected chi connectivity index (χ1v) is 7.99. The number of carbonyl (C=O) groups excluding carboxylic acids is 1. The average Bonchev–Trinajstić information content (AvgIpc) is 2.54. The van der Waals surface area contributed by atoms with E-state index in [9.17, 15) is 24.4 Å². The molecule has 1 aromatic carbocycles. The lowest BCUT2D eigenvalue weighted by Gasteiger charge is -2.31. The summed E-state index contributed by atoms with van der Waals surface area (Å²) in [4.78, 5) is 23.9. The Labute approximate surface area is 139 Å². The van der Waals surface area contributed by atoms with Gasteiger partial charge in [-0.05, 0) is 37.9 Å². The molecule has 1 aliphatic rings. The molecular weight excluding hydrogens is 317 g/mol. The monoisotopic (exact) mass is 339 g/mol. The zero-order valence-corrected chi connectivity index (χ0v) is 13.6. The van der Waals surface area contributed by atoms with E-state index in [2.05, 4.69) is 17.1 Å². The maximum absolute atomic E-state index is 13.8. The standard InChI is InChI=1S/C16H22FN3O4/c1-11-4-6-19(7-5-11)10-13(21)9-18-16(22)14-3-2-12(20(23)24)8-15(14)17/h2-3,8,11,13,21H,4-7,9-10H2,1H3,(H,18,22). The Kier molecular flexibility index (Phi) is 6.22. The van der Waals surface area contributed by atoms with Crippen LogP contribution in [0.2, 0.25) is 0 Å². The van der Waals surface area contributed by atoms with Gasteiger partial charge in [0.25, 0.3) is 11.6 Å². The van der Waals surface area contributed by atoms with Crippen LogP contribution in [0, 0.1) is 21.8 Å². The van der Waals surface area contributed by atoms with Crippen molar-refractivity contribution in [3.8, 4) is 0 Å². The number of likely N-dealkylation sites (tertiary alicyclic amines) is 1. The first-order valence-electron chi connectivity index (χ1n) is 7.99. The van der Waals surface area contributed by atoms with E-state index in [4.69, 9.17) is 0 Å². The highest BCUT2D eigenvalue weighted by atomic mass is 19.1. The number of amides is 1. The molecular formula is C16H22FN3O4. The van der Waals surface area contributed by atoms with Crippen molar-refractivity contribution in [2.24, 2.45) is 5.92 Å². The number of hydrogen-bond donors (Lipinski definition) is 2. The topological polar surface area (TPSA) is 95.7 Å². The van der Waals surface area contributed by atoms with E-state index in [1.807, 2.05) is 0 Å². The van der Waals surface area contributed by atoms with Crippen molar-refractivity contribution >= 4 is 11.6 Å². The van der Waals surface area contributed by atoms with Crippen LogP contribution >= 0.6 is 0 Å². The smallest absolute Gasteiger partial charge is 0.272 e. The van der Waals surface area contributed by atoms with Crippen molar-refractivity contribution in [1.82, 2.24) is 10.2 Å². The largest absolute Gasteiger partial charge is 0.390 e. The molecule has 0 radical (unpaired) electrons. The minimum atomic E-state index is -0.957. The van der Waals surface area contributed by atoms with E-state index in [0.29, 0.717) is 18.5 Å². The minimum Gasteiger partial charge on any atom is -0.390 e. The third-order valence-electron chi connectivity index (χ3n) is 4.25. The Morgan fingerprint density at radius 3 is 2.75 bits per heavy atom. The van der Waals surface area contributed by atoms with Crippen LogP contribution in [-0.2, 0) is 0 Å². The molecule has 132 valence electrons. The van der Waals surface area contributed by atoms with Crippen molar-refractivity contribution in [1.29, 1.82) is 0 Å². The van der Waals surface area contributed by atoms with Gasteiger partial charge in [0, 0.05) is 19.2 Å². The number of aliphatic hydroxyl groups is 1. The molecule has 1 saturated heterocycles. The number of nitro groups is 1. The molecule has 0 aromatic heterocycles. The van der Waals surface area contributed by atoms with Crippen LogP contribution in [0.4, 0.5) is 10.1 Å². The summed E-state index contributed by atoms with van der Waals surface area (Å²) in [5.41, 5.74) is -0.692. The molecule has 0 aliphatic carbocycles. The van der Waals surface area contributed by atoms with E-state index in [1.165, 1.54) is 0 Å². The number of nitrogens with zero attached hydrogens (tertiary/aromatic N) is 2. The molecule has 7 nitrogen and oxygen atoms in total. The van der Waals surface area contributed by atoms with Gasteiger partial charge in [0.2, 0.25) is 0 Å². The number of non-ortho nitro benzene ring substituents is 1. The van der Waals surface area contributed by atoms with Gasteiger partial charge in [-0.2, -0.15) is 0 Å². The third kappa shape index (κ3) is 4.97. The van der Waals surface area contributed by atoms with Crippen LogP contribution in [0.15, 0.2) is 18.2 Å². The highest BCUT2D eigenvalue weighted by Gasteiger charge is 2.20. The van der Waals surface area contributed by atoms with Gasteiger partial charge in [-0.25, -0.2) is 4.39 Å². The fourth-order valence-electron chi connectivity index (χ4n) is 2.71. The van der Waals surface area contributed by atoms with E-state index in [0.717, 1.165) is 38.1 Å². The highest BCUT2D eigenvalue weighted by molar-refractivity contribution is 5.94. The van der Waals surface area contributed by atoms with Crippen LogP contribution in [-0.4, -0.2) is 53.1 Å². The van der Waals surface area contributed by atoms with Crippen molar-refractivity contribution in [3.63, 3.8) is 0 Å². The molecule has 8 heteroatoms. The van der Waals surface area contributed by atoms with Crippen molar-refractivity contribution in [2.45, 2.75) is 25.9 Å². The van der Waals surface area contributed by atoms with Gasteiger partial charge in [-0.1, -0.05) is 6.92 Å². The molecule has 1 aliphatic heterocycles. The number of carbonyl (C=O) groups is 1. The quantitative estimate of drug-likeness (QED) is 0.606. The van der Waals surface area contributed by atoms with Gasteiger partial charge >= 0.3 is 0 Å². The molecule has 1 aromatic rings. The number of β-amino-alcohol motifs (C(OH)–C–C–N with tert-alkyl or cyclic N) is 1. The second-order valence-electron chi connectivity index (χ2n) is 6.27. The second kappa shape index (κ2) is 8.16. The van der Waals surface area contributed by atoms with Gasteiger partial charge in [-0.3, -0.25) is 14.9 Å². The van der Waals surface area contributed by atoms with E-state index in [1.54, 1.807) is 0 Å². The van der Waals surface area contributed by atoms with Gasteiger partial charge in [-0.15, -0.1) is 0 Å². The summed E-state index contributed by atoms with van der Waals surface area (Å²) in [7, 11) is 0. The molecule has 0 spiro atoms. The Morgan fingerprint density at radius 2 is 2.17 bits per heavy atom. The zero-order valence-electron chi connectivity index (χ0n) is 13.6. The lowest BCUT2D eigenvalue weighted by molar-refractivity contribution is -0.385. The predicted molar refractivity (Wildman–Crippen MR) is 86.2 cm³/mol. The van der Waals surface area contributed by atoms with Gasteiger partial charge in [0.15, 0.2) is 0 Å². The fourth-order valence-corrected chi connectivity index (χ4v) is 2.71. The number of aliphatic hydroxyl groups excluding tert-OH is 1. The molecule has 1 amide bonds. The van der Waals surface area contributed by atoms with Gasteiger partial charge in [0.05, 0.1) is 22.7 Å². The molecule has 1 atom stereocenters. The Balaban J connectivity index is 1.83. The van der Waals surface area contributed by atoms with E-state index in [-0.39, 0.29) is 12.1 Å². The lowest BCUT2D eigenvalue weighted by atomic mass is 9.99. The molecule has 24 heavy (non-hydrogen) atoms. The van der Waals surface area contributed by atoms with Crippen LogP contribution in [0.1, 0.15) is 30.1 Å². The van der Waals surface area contributed by atoms with E-state index >= 15 is 0 Å². The minimum absolute atomic E-state index is 0.00130. The summed E-state index contributed by atoms with van der Waals surface area (Å²) in [6.45, 7) is 4.50. The number of hydrogen-bond acceptors (Lipinski definition) is 5. The van der Waals surface area contributed by atoms with Crippen molar-refractivity contribution < 1.29 is 19.2 Å². The molecule has 0 bridgehead atoms. The number of halogens is 1. The number of nitrogens with one attached hydrogen (secondary N) is 1. The Morgan fingerprint density at radius 1 is 1.50 bits per heavy atom. The highest BCUT2D eigenvalue weighted by Crippen LogP contribution is 2.17. The second-order valence-corrected chi connectivity index (χ2v) is 6.27. The maximum Gasteiger partial charge on any atom is 0.272 e. The lowest BCUT2D eigenvalue weighted by Crippen LogP contribution is -2.43. The van der Waals surface area contributed by atoms with Crippen molar-refractivity contribution in [2.75, 3.05) is 26.2 Å². The van der Waals surface area contributed by atoms with Crippen LogP contribution in [0.3, 0.4) is 0 Å². The molecule has 1 heterocycles. The molecule has 2 N–H and O–H groups in total. The molecule has 1 fully saturated rings. The maximum atomic E-state index is 13.8. The average molecular weight is 339 g/mol. The normalized spacial score (nSPS) is 17.5. The zero-order chi connectivity index (χ0) is 17.7. The molecule has 1 unspecified atom stereocenters. The fraction of sp³-hybridized carbons (Fsp3) is 0.562. The SMILES string of the molecule is CC1CCN(CC(O)CNC(=O)c2ccc([N+](=O)[O-])cc2F)CC1. The summed E-state index contributed by atoms with van der Waals surface area (Å²) in [5, 5.41) is 23.0. The number of benzene rings is 1. The number of nitro benzene ring substituents is 1. The summed E-state index contributed by atoms with van der Waals surface area (Å²) >= 11 is 0. The molecule has 2 rings (SSSR count). The van der Waals surface area contributed by atoms with Crippen molar-refractivity contribution in [3.05, 3.63) is 39.7 Å². The van der Waals surface area contributed by atoms with E-state index < -0.39 is 28.4 Å². The van der Waals surface area contributed by atoms with Crippen LogP contribution < -0.4 is 5.32 Å². The van der Waals surface area contributed by atoms with Gasteiger partial charge < -0.3 is 15.3 Å². The third-order valence-corrected chi connectivity index (χ3v) is 4.25. The number of rotatable bonds is 6. The van der Waals surface area contributed by atoms with Crippen LogP contribution in [0.5, 0.6) is 0 Å². The first-order chi connectivity index (χ1) is 11.4. The summed E-state index contributed by atoms with van der Waals surface area (Å²) < 4.78 is 13.8. The summed E-state index contributed by atoms with van der Waals surface area (Å²) in [6, 6.07) is 2.85. The molecule has 0 saturated carbocycles. The van der Waals surface area contributed by atoms with Crippen LogP contribution in [0.25, 0.3) is 0 Å². The summed E-state index contributed by atoms with van der Waals surface area (Å²) in [6.07, 6.45) is 1.43. The van der Waals surface area contributed by atoms with Gasteiger partial charge in [0.1, 0.15) is 5.82 Å². The Hall–Kier alpha value is -2.06. The first kappa shape index (κ1) is 18.3. The Bertz CT molecular complexity index is 603. The predicted octanol–water partition coefficient (Wildman–Crippen LogP) is 1.56.